The number of allylic oxidation sites excluding steroid dienone is 8. The maximum Gasteiger partial charge on any atom is 4.00 e. The van der Waals surface area contributed by atoms with E-state index in [4.69, 9.17) is 0 Å². The van der Waals surface area contributed by atoms with E-state index in [2.05, 4.69) is 34.9 Å². The predicted molar refractivity (Wildman–Crippen MR) is 140 cm³/mol. The zero-order chi connectivity index (χ0) is 26.8. The maximum absolute atomic E-state index is 12.9. The molecule has 2 aromatic rings. The third-order valence-corrected chi connectivity index (χ3v) is 4.30. The van der Waals surface area contributed by atoms with Crippen molar-refractivity contribution >= 4 is 11.4 Å². The molecule has 7 heteroatoms. The zero-order valence-electron chi connectivity index (χ0n) is 21.8. The SMILES string of the molecule is CC(C)CNc1ccc(F)[c-]c1F.CC(C)CNc1ccc(F)[c-]c1F.[C-]1=CC=CC1.[C-]1=CC=CC1.[Ti+4]. The van der Waals surface area contributed by atoms with Gasteiger partial charge in [-0.05, 0) is 23.2 Å². The van der Waals surface area contributed by atoms with Crippen LogP contribution in [0.4, 0.5) is 28.9 Å². The summed E-state index contributed by atoms with van der Waals surface area (Å²) < 4.78 is 50.7. The van der Waals surface area contributed by atoms with Crippen molar-refractivity contribution < 1.29 is 39.3 Å². The van der Waals surface area contributed by atoms with Crippen LogP contribution in [-0.4, -0.2) is 13.1 Å². The fraction of sp³-hybridized carbons (Fsp3) is 0.333. The molecule has 2 aliphatic rings. The number of hydrogen-bond donors (Lipinski definition) is 2. The van der Waals surface area contributed by atoms with Crippen molar-refractivity contribution in [1.82, 2.24) is 0 Å². The van der Waals surface area contributed by atoms with E-state index in [1.54, 1.807) is 0 Å². The molecule has 0 atom stereocenters. The summed E-state index contributed by atoms with van der Waals surface area (Å²) in [4.78, 5) is 0. The molecule has 0 unspecified atom stereocenters. The molecule has 0 saturated heterocycles. The van der Waals surface area contributed by atoms with E-state index < -0.39 is 23.3 Å². The Bertz CT molecular complexity index is 913. The third kappa shape index (κ3) is 17.5. The van der Waals surface area contributed by atoms with E-state index in [0.29, 0.717) is 36.3 Å². The van der Waals surface area contributed by atoms with Crippen LogP contribution in [0.1, 0.15) is 40.5 Å². The first kappa shape index (κ1) is 34.4. The summed E-state index contributed by atoms with van der Waals surface area (Å²) in [5.74, 6) is -1.84. The van der Waals surface area contributed by atoms with Gasteiger partial charge in [0.15, 0.2) is 0 Å². The molecule has 0 aromatic heterocycles. The van der Waals surface area contributed by atoms with Gasteiger partial charge in [-0.15, -0.1) is 49.2 Å². The zero-order valence-corrected chi connectivity index (χ0v) is 23.3. The van der Waals surface area contributed by atoms with Gasteiger partial charge in [0.05, 0.1) is 0 Å². The van der Waals surface area contributed by atoms with Gasteiger partial charge >= 0.3 is 21.7 Å². The molecule has 0 aliphatic heterocycles. The molecule has 4 rings (SSSR count). The first-order chi connectivity index (χ1) is 17.2. The largest absolute Gasteiger partial charge is 4.00 e. The minimum atomic E-state index is -0.674. The van der Waals surface area contributed by atoms with Crippen LogP contribution in [-0.2, 0) is 21.7 Å². The van der Waals surface area contributed by atoms with E-state index in [1.807, 2.05) is 64.1 Å². The maximum atomic E-state index is 12.9. The summed E-state index contributed by atoms with van der Waals surface area (Å²) in [6, 6.07) is 9.06. The molecular weight excluding hydrogens is 512 g/mol. The molecule has 0 fully saturated rings. The van der Waals surface area contributed by atoms with Crippen molar-refractivity contribution in [3.63, 3.8) is 0 Å². The van der Waals surface area contributed by atoms with E-state index in [1.165, 1.54) is 24.3 Å². The Kier molecular flexibility index (Phi) is 19.1. The second-order valence-electron chi connectivity index (χ2n) is 8.62. The topological polar surface area (TPSA) is 24.1 Å². The summed E-state index contributed by atoms with van der Waals surface area (Å²) in [7, 11) is 0. The van der Waals surface area contributed by atoms with Gasteiger partial charge in [-0.3, -0.25) is 12.2 Å². The molecule has 196 valence electrons. The van der Waals surface area contributed by atoms with E-state index in [0.717, 1.165) is 12.8 Å². The average molecular weight is 546 g/mol. The molecule has 0 heterocycles. The molecule has 2 N–H and O–H groups in total. The van der Waals surface area contributed by atoms with Crippen molar-refractivity contribution in [2.24, 2.45) is 11.8 Å². The van der Waals surface area contributed by atoms with Crippen molar-refractivity contribution in [2.75, 3.05) is 23.7 Å². The predicted octanol–water partition coefficient (Wildman–Crippen LogP) is 8.27. The van der Waals surface area contributed by atoms with Gasteiger partial charge in [-0.1, -0.05) is 27.7 Å². The summed E-state index contributed by atoms with van der Waals surface area (Å²) in [6.45, 7) is 9.37. The van der Waals surface area contributed by atoms with Gasteiger partial charge in [-0.2, -0.15) is 12.2 Å². The summed E-state index contributed by atoms with van der Waals surface area (Å²) in [5.41, 5.74) is 0.602. The summed E-state index contributed by atoms with van der Waals surface area (Å²) >= 11 is 0. The fourth-order valence-corrected chi connectivity index (χ4v) is 2.47. The number of anilines is 2. The van der Waals surface area contributed by atoms with E-state index in [9.17, 15) is 17.6 Å². The molecule has 37 heavy (non-hydrogen) atoms. The Morgan fingerprint density at radius 2 is 1.05 bits per heavy atom. The monoisotopic (exact) mass is 546 g/mol. The van der Waals surface area contributed by atoms with Crippen LogP contribution >= 0.6 is 0 Å². The average Bonchev–Trinajstić information content (AvgIpc) is 3.57. The van der Waals surface area contributed by atoms with Crippen molar-refractivity contribution in [2.45, 2.75) is 40.5 Å². The van der Waals surface area contributed by atoms with Gasteiger partial charge < -0.3 is 10.6 Å². The van der Waals surface area contributed by atoms with Crippen LogP contribution in [0.25, 0.3) is 0 Å². The van der Waals surface area contributed by atoms with Crippen LogP contribution in [0.2, 0.25) is 0 Å². The van der Waals surface area contributed by atoms with Crippen LogP contribution in [0.5, 0.6) is 0 Å². The molecule has 0 saturated carbocycles. The number of hydrogen-bond acceptors (Lipinski definition) is 2. The van der Waals surface area contributed by atoms with Crippen molar-refractivity contribution in [3.05, 3.63) is 108 Å². The third-order valence-electron chi connectivity index (χ3n) is 4.30. The van der Waals surface area contributed by atoms with Gasteiger partial charge in [0.1, 0.15) is 0 Å². The summed E-state index contributed by atoms with van der Waals surface area (Å²) in [5, 5.41) is 5.73. The number of halogens is 4. The molecule has 0 radical (unpaired) electrons. The van der Waals surface area contributed by atoms with Crippen molar-refractivity contribution in [3.8, 4) is 0 Å². The van der Waals surface area contributed by atoms with Gasteiger partial charge in [-0.25, -0.2) is 41.9 Å². The molecule has 2 nitrogen and oxygen atoms in total. The molecule has 2 aliphatic carbocycles. The van der Waals surface area contributed by atoms with Crippen LogP contribution < -0.4 is 10.6 Å². The Morgan fingerprint density at radius 3 is 1.27 bits per heavy atom. The second kappa shape index (κ2) is 20.5. The first-order valence-corrected chi connectivity index (χ1v) is 11.8. The second-order valence-corrected chi connectivity index (χ2v) is 8.62. The molecule has 2 aromatic carbocycles. The Morgan fingerprint density at radius 1 is 0.676 bits per heavy atom. The van der Waals surface area contributed by atoms with E-state index >= 15 is 0 Å². The van der Waals surface area contributed by atoms with Crippen LogP contribution in [0, 0.1) is 59.4 Å². The van der Waals surface area contributed by atoms with Gasteiger partial charge in [0.25, 0.3) is 0 Å². The van der Waals surface area contributed by atoms with E-state index in [-0.39, 0.29) is 21.7 Å². The number of nitrogens with one attached hydrogen (secondary N) is 2. The Labute approximate surface area is 234 Å². The molecule has 0 amide bonds. The number of rotatable bonds is 6. The first-order valence-electron chi connectivity index (χ1n) is 11.8. The van der Waals surface area contributed by atoms with Gasteiger partial charge in [0.2, 0.25) is 0 Å². The Balaban J connectivity index is 0.000000502. The molecule has 0 spiro atoms. The molecule has 0 bridgehead atoms. The van der Waals surface area contributed by atoms with Crippen LogP contribution in [0.3, 0.4) is 0 Å². The summed E-state index contributed by atoms with van der Waals surface area (Å²) in [6.07, 6.45) is 20.0. The van der Waals surface area contributed by atoms with Crippen LogP contribution in [0.15, 0.2) is 60.7 Å². The smallest absolute Gasteiger partial charge is 0.434 e. The Hall–Kier alpha value is -2.57. The normalized spacial score (nSPS) is 12.2. The minimum Gasteiger partial charge on any atom is -0.434 e. The number of benzene rings is 2. The van der Waals surface area contributed by atoms with Crippen molar-refractivity contribution in [1.29, 1.82) is 0 Å². The minimum absolute atomic E-state index is 0. The van der Waals surface area contributed by atoms with Gasteiger partial charge in [0, 0.05) is 36.4 Å². The standard InChI is InChI=1S/2C10H12F2N.2C5H5.Ti/c2*1-7(2)6-13-10-4-3-8(11)5-9(10)12;2*1-2-4-5-3-1;/h2*3-4,7,13H,6H2,1-2H3;2*1-3H,4H2;/q4*-1;+4. The quantitative estimate of drug-likeness (QED) is 0.217. The fourth-order valence-electron chi connectivity index (χ4n) is 2.47. The molecular formula is C30H34F4N2Ti.